The third-order valence-corrected chi connectivity index (χ3v) is 4.56. The fraction of sp³-hybridized carbons (Fsp3) is 0.250. The van der Waals surface area contributed by atoms with Crippen molar-refractivity contribution < 1.29 is 22.3 Å². The van der Waals surface area contributed by atoms with Crippen molar-refractivity contribution in [1.82, 2.24) is 9.29 Å². The number of carbonyl (C=O) groups excluding carboxylic acids is 1. The molecule has 1 heterocycles. The van der Waals surface area contributed by atoms with Crippen LogP contribution in [0.15, 0.2) is 36.5 Å². The Balaban J connectivity index is 2.03. The highest BCUT2D eigenvalue weighted by Gasteiger charge is 2.12. The molecule has 25 heavy (non-hydrogen) atoms. The summed E-state index contributed by atoms with van der Waals surface area (Å²) in [6.45, 7) is 0.260. The molecular weight excluding hydrogens is 371 g/mol. The monoisotopic (exact) mass is 386 g/mol. The lowest BCUT2D eigenvalue weighted by molar-refractivity contribution is 0.0600. The van der Waals surface area contributed by atoms with E-state index in [1.165, 1.54) is 35.8 Å². The fourth-order valence-corrected chi connectivity index (χ4v) is 2.84. The van der Waals surface area contributed by atoms with E-state index in [0.717, 1.165) is 5.56 Å². The van der Waals surface area contributed by atoms with Crippen LogP contribution in [0.2, 0.25) is 5.02 Å². The summed E-state index contributed by atoms with van der Waals surface area (Å²) in [5.41, 5.74) is 1.50. The Kier molecular flexibility index (Phi) is 6.86. The summed E-state index contributed by atoms with van der Waals surface area (Å²) in [5.74, 6) is -1.04. The molecule has 0 atom stereocenters. The minimum atomic E-state index is -2.83. The summed E-state index contributed by atoms with van der Waals surface area (Å²) in [7, 11) is -1.56. The number of ether oxygens (including phenoxy) is 1. The molecule has 0 unspecified atom stereocenters. The van der Waals surface area contributed by atoms with E-state index in [4.69, 9.17) is 11.6 Å². The quantitative estimate of drug-likeness (QED) is 0.583. The Hall–Kier alpha value is -2.03. The first-order valence-corrected chi connectivity index (χ1v) is 8.78. The van der Waals surface area contributed by atoms with Crippen LogP contribution in [0.1, 0.15) is 21.6 Å². The number of nitrogens with zero attached hydrogens (tertiary/aromatic N) is 2. The molecule has 6 nitrogen and oxygen atoms in total. The van der Waals surface area contributed by atoms with E-state index >= 15 is 0 Å². The van der Waals surface area contributed by atoms with E-state index in [9.17, 15) is 17.6 Å². The van der Waals surface area contributed by atoms with Gasteiger partial charge in [0.15, 0.2) is 0 Å². The first-order valence-electron chi connectivity index (χ1n) is 7.27. The minimum Gasteiger partial charge on any atom is -0.465 e. The SMILES string of the molecule is COC(=O)c1ccc(CN(CCc2ccc(F)c(Cl)c2)[SH](=O)=O)nc1. The molecule has 0 amide bonds. The standard InChI is InChI=1S/C16H16ClFN2O4S/c1-24-16(21)12-3-4-13(19-9-12)10-20(25(22)23)7-6-11-2-5-15(18)14(17)8-11/h2-5,8-9,25H,6-7,10H2,1H3. The lowest BCUT2D eigenvalue weighted by Gasteiger charge is -2.15. The number of hydrogen-bond donors (Lipinski definition) is 1. The number of hydrogen-bond acceptors (Lipinski definition) is 5. The summed E-state index contributed by atoms with van der Waals surface area (Å²) < 4.78 is 41.8. The highest BCUT2D eigenvalue weighted by Crippen LogP contribution is 2.17. The van der Waals surface area contributed by atoms with Gasteiger partial charge < -0.3 is 4.74 Å². The second-order valence-corrected chi connectivity index (χ2v) is 6.60. The van der Waals surface area contributed by atoms with Crippen LogP contribution in [0.25, 0.3) is 0 Å². The molecule has 2 aromatic rings. The molecule has 0 spiro atoms. The fourth-order valence-electron chi connectivity index (χ4n) is 2.12. The second kappa shape index (κ2) is 8.89. The molecule has 0 aliphatic heterocycles. The zero-order chi connectivity index (χ0) is 18.4. The number of halogens is 2. The van der Waals surface area contributed by atoms with Crippen LogP contribution >= 0.6 is 11.6 Å². The Morgan fingerprint density at radius 2 is 2.08 bits per heavy atom. The van der Waals surface area contributed by atoms with Gasteiger partial charge in [0.25, 0.3) is 0 Å². The molecule has 0 N–H and O–H groups in total. The van der Waals surface area contributed by atoms with Gasteiger partial charge in [0, 0.05) is 12.7 Å². The average Bonchev–Trinajstić information content (AvgIpc) is 2.61. The zero-order valence-corrected chi connectivity index (χ0v) is 15.0. The van der Waals surface area contributed by atoms with Crippen molar-refractivity contribution in [3.05, 3.63) is 64.2 Å². The first-order chi connectivity index (χ1) is 11.9. The Labute approximate surface area is 151 Å². The van der Waals surface area contributed by atoms with Crippen LogP contribution in [0, 0.1) is 5.82 Å². The third-order valence-electron chi connectivity index (χ3n) is 3.46. The average molecular weight is 387 g/mol. The van der Waals surface area contributed by atoms with Gasteiger partial charge in [-0.25, -0.2) is 17.6 Å². The van der Waals surface area contributed by atoms with Crippen LogP contribution in [0.3, 0.4) is 0 Å². The molecule has 0 fully saturated rings. The maximum Gasteiger partial charge on any atom is 0.339 e. The summed E-state index contributed by atoms with van der Waals surface area (Å²) in [6, 6.07) is 7.35. The smallest absolute Gasteiger partial charge is 0.339 e. The number of rotatable bonds is 7. The van der Waals surface area contributed by atoms with Gasteiger partial charge in [-0.15, -0.1) is 0 Å². The van der Waals surface area contributed by atoms with Crippen LogP contribution in [0.5, 0.6) is 0 Å². The van der Waals surface area contributed by atoms with Crippen molar-refractivity contribution in [2.24, 2.45) is 0 Å². The highest BCUT2D eigenvalue weighted by molar-refractivity contribution is 7.69. The lowest BCUT2D eigenvalue weighted by Crippen LogP contribution is -2.24. The summed E-state index contributed by atoms with van der Waals surface area (Å²) >= 11 is 5.72. The minimum absolute atomic E-state index is 0.00405. The van der Waals surface area contributed by atoms with E-state index in [2.05, 4.69) is 9.72 Å². The molecule has 0 aliphatic carbocycles. The topological polar surface area (TPSA) is 76.6 Å². The van der Waals surface area contributed by atoms with Gasteiger partial charge in [-0.1, -0.05) is 17.7 Å². The Morgan fingerprint density at radius 1 is 1.32 bits per heavy atom. The van der Waals surface area contributed by atoms with Gasteiger partial charge in [-0.05, 0) is 36.2 Å². The molecule has 0 saturated carbocycles. The number of carbonyl (C=O) groups is 1. The van der Waals surface area contributed by atoms with Crippen LogP contribution in [-0.2, 0) is 28.6 Å². The van der Waals surface area contributed by atoms with Gasteiger partial charge in [0.2, 0.25) is 10.9 Å². The van der Waals surface area contributed by atoms with Crippen molar-refractivity contribution >= 4 is 28.5 Å². The summed E-state index contributed by atoms with van der Waals surface area (Å²) in [4.78, 5) is 15.4. The number of esters is 1. The molecule has 0 radical (unpaired) electrons. The first kappa shape index (κ1) is 19.3. The number of benzene rings is 1. The highest BCUT2D eigenvalue weighted by atomic mass is 35.5. The summed E-state index contributed by atoms with van der Waals surface area (Å²) in [6.07, 6.45) is 1.71. The van der Waals surface area contributed by atoms with Crippen molar-refractivity contribution in [2.45, 2.75) is 13.0 Å². The van der Waals surface area contributed by atoms with E-state index in [-0.39, 0.29) is 23.7 Å². The normalized spacial score (nSPS) is 11.1. The maximum atomic E-state index is 13.1. The van der Waals surface area contributed by atoms with Crippen molar-refractivity contribution in [1.29, 1.82) is 0 Å². The largest absolute Gasteiger partial charge is 0.465 e. The Morgan fingerprint density at radius 3 is 2.64 bits per heavy atom. The number of pyridine rings is 1. The molecule has 0 bridgehead atoms. The predicted molar refractivity (Wildman–Crippen MR) is 91.4 cm³/mol. The molecular formula is C16H16ClFN2O4S. The maximum absolute atomic E-state index is 13.1. The van der Waals surface area contributed by atoms with Crippen molar-refractivity contribution in [3.63, 3.8) is 0 Å². The van der Waals surface area contributed by atoms with Gasteiger partial charge in [-0.3, -0.25) is 4.98 Å². The summed E-state index contributed by atoms with van der Waals surface area (Å²) in [5, 5.41) is -0.00405. The lowest BCUT2D eigenvalue weighted by atomic mass is 10.1. The molecule has 2 rings (SSSR count). The van der Waals surface area contributed by atoms with Crippen molar-refractivity contribution in [3.8, 4) is 0 Å². The van der Waals surface area contributed by atoms with Crippen molar-refractivity contribution in [2.75, 3.05) is 13.7 Å². The number of thiol groups is 1. The van der Waals surface area contributed by atoms with Crippen LogP contribution in [0.4, 0.5) is 4.39 Å². The van der Waals surface area contributed by atoms with Gasteiger partial charge in [-0.2, -0.15) is 4.31 Å². The van der Waals surface area contributed by atoms with Gasteiger partial charge >= 0.3 is 5.97 Å². The third kappa shape index (κ3) is 5.48. The van der Waals surface area contributed by atoms with Gasteiger partial charge in [0.05, 0.1) is 29.9 Å². The van der Waals surface area contributed by atoms with E-state index in [1.54, 1.807) is 12.1 Å². The molecule has 9 heteroatoms. The molecule has 134 valence electrons. The van der Waals surface area contributed by atoms with Crippen LogP contribution < -0.4 is 0 Å². The molecule has 0 saturated heterocycles. The predicted octanol–water partition coefficient (Wildman–Crippen LogP) is 2.23. The van der Waals surface area contributed by atoms with E-state index in [1.807, 2.05) is 0 Å². The molecule has 0 aliphatic rings. The molecule has 1 aromatic carbocycles. The second-order valence-electron chi connectivity index (χ2n) is 5.15. The van der Waals surface area contributed by atoms with E-state index in [0.29, 0.717) is 12.1 Å². The number of methoxy groups -OCH3 is 1. The zero-order valence-electron chi connectivity index (χ0n) is 13.3. The number of aromatic nitrogens is 1. The van der Waals surface area contributed by atoms with Gasteiger partial charge in [0.1, 0.15) is 5.82 Å². The van der Waals surface area contributed by atoms with Crippen LogP contribution in [-0.4, -0.2) is 37.3 Å². The van der Waals surface area contributed by atoms with E-state index < -0.39 is 22.7 Å². The Bertz CT molecular complexity index is 819. The molecule has 1 aromatic heterocycles.